The number of rotatable bonds is 9. The molecule has 0 spiro atoms. The van der Waals surface area contributed by atoms with Crippen LogP contribution in [0.1, 0.15) is 39.0 Å². The molecule has 0 saturated heterocycles. The van der Waals surface area contributed by atoms with Crippen molar-refractivity contribution >= 4 is 0 Å². The molecular weight excluding hydrogens is 230 g/mol. The molecule has 1 saturated carbocycles. The summed E-state index contributed by atoms with van der Waals surface area (Å²) >= 11 is 0. The van der Waals surface area contributed by atoms with Crippen molar-refractivity contribution in [3.63, 3.8) is 0 Å². The molecule has 108 valence electrons. The van der Waals surface area contributed by atoms with Crippen LogP contribution < -0.4 is 5.32 Å². The summed E-state index contributed by atoms with van der Waals surface area (Å²) in [5, 5.41) is 13.1. The first-order valence-corrected chi connectivity index (χ1v) is 7.15. The lowest BCUT2D eigenvalue weighted by atomic mass is 9.77. The maximum Gasteiger partial charge on any atom is 0.0700 e. The van der Waals surface area contributed by atoms with Crippen LogP contribution in [0.5, 0.6) is 0 Å². The minimum absolute atomic E-state index is 0.0287. The fraction of sp³-hybridized carbons (Fsp3) is 1.00. The maximum absolute atomic E-state index is 9.59. The molecule has 1 rings (SSSR count). The Labute approximate surface area is 111 Å². The van der Waals surface area contributed by atoms with E-state index in [9.17, 15) is 5.11 Å². The second kappa shape index (κ2) is 8.86. The van der Waals surface area contributed by atoms with Crippen LogP contribution in [-0.4, -0.2) is 50.7 Å². The number of methoxy groups -OCH3 is 1. The zero-order valence-corrected chi connectivity index (χ0v) is 11.9. The third-order valence-electron chi connectivity index (χ3n) is 3.93. The summed E-state index contributed by atoms with van der Waals surface area (Å²) in [5.74, 6) is 0.809. The van der Waals surface area contributed by atoms with E-state index in [2.05, 4.69) is 12.2 Å². The highest BCUT2D eigenvalue weighted by molar-refractivity contribution is 4.91. The van der Waals surface area contributed by atoms with Gasteiger partial charge in [-0.2, -0.15) is 0 Å². The van der Waals surface area contributed by atoms with Gasteiger partial charge in [0.2, 0.25) is 0 Å². The van der Waals surface area contributed by atoms with Crippen LogP contribution in [0.2, 0.25) is 0 Å². The van der Waals surface area contributed by atoms with E-state index >= 15 is 0 Å². The predicted molar refractivity (Wildman–Crippen MR) is 72.8 cm³/mol. The number of hydrogen-bond donors (Lipinski definition) is 2. The highest BCUT2D eigenvalue weighted by Crippen LogP contribution is 2.31. The van der Waals surface area contributed by atoms with Crippen molar-refractivity contribution in [1.29, 1.82) is 0 Å². The molecule has 1 aliphatic carbocycles. The summed E-state index contributed by atoms with van der Waals surface area (Å²) in [7, 11) is 1.68. The van der Waals surface area contributed by atoms with E-state index in [1.807, 2.05) is 0 Å². The van der Waals surface area contributed by atoms with Gasteiger partial charge in [-0.15, -0.1) is 0 Å². The molecule has 1 aliphatic rings. The molecule has 1 fully saturated rings. The number of ether oxygens (including phenoxy) is 2. The van der Waals surface area contributed by atoms with Crippen molar-refractivity contribution < 1.29 is 14.6 Å². The van der Waals surface area contributed by atoms with Crippen LogP contribution in [0.25, 0.3) is 0 Å². The van der Waals surface area contributed by atoms with E-state index in [-0.39, 0.29) is 12.1 Å². The van der Waals surface area contributed by atoms with Crippen molar-refractivity contribution in [3.05, 3.63) is 0 Å². The Morgan fingerprint density at radius 3 is 2.56 bits per heavy atom. The third-order valence-corrected chi connectivity index (χ3v) is 3.93. The van der Waals surface area contributed by atoms with Gasteiger partial charge in [0, 0.05) is 19.3 Å². The molecule has 4 nitrogen and oxygen atoms in total. The Hall–Kier alpha value is -0.160. The molecule has 2 N–H and O–H groups in total. The van der Waals surface area contributed by atoms with E-state index in [0.717, 1.165) is 38.3 Å². The van der Waals surface area contributed by atoms with E-state index < -0.39 is 0 Å². The second-order valence-corrected chi connectivity index (χ2v) is 5.51. The van der Waals surface area contributed by atoms with Gasteiger partial charge >= 0.3 is 0 Å². The van der Waals surface area contributed by atoms with Crippen LogP contribution >= 0.6 is 0 Å². The van der Waals surface area contributed by atoms with E-state index in [1.54, 1.807) is 7.11 Å². The van der Waals surface area contributed by atoms with Gasteiger partial charge in [-0.1, -0.05) is 6.92 Å². The quantitative estimate of drug-likeness (QED) is 0.617. The summed E-state index contributed by atoms with van der Waals surface area (Å²) in [6.45, 7) is 5.55. The number of aliphatic hydroxyl groups is 1. The highest BCUT2D eigenvalue weighted by Gasteiger charge is 2.32. The average Bonchev–Trinajstić information content (AvgIpc) is 2.40. The standard InChI is InChI=1S/C14H29NO3/c1-13-4-6-14(12-16,7-5-13)15-8-3-9-18-11-10-17-2/h13,15-16H,3-12H2,1-2H3. The first-order valence-electron chi connectivity index (χ1n) is 7.15. The Bertz CT molecular complexity index is 203. The summed E-state index contributed by atoms with van der Waals surface area (Å²) in [6.07, 6.45) is 5.61. The third kappa shape index (κ3) is 5.65. The van der Waals surface area contributed by atoms with Crippen molar-refractivity contribution in [1.82, 2.24) is 5.32 Å². The lowest BCUT2D eigenvalue weighted by molar-refractivity contribution is 0.0647. The fourth-order valence-corrected chi connectivity index (χ4v) is 2.48. The Morgan fingerprint density at radius 2 is 1.94 bits per heavy atom. The maximum atomic E-state index is 9.59. The largest absolute Gasteiger partial charge is 0.394 e. The lowest BCUT2D eigenvalue weighted by Crippen LogP contribution is -2.51. The normalized spacial score (nSPS) is 28.5. The molecular formula is C14H29NO3. The molecule has 0 bridgehead atoms. The smallest absolute Gasteiger partial charge is 0.0700 e. The highest BCUT2D eigenvalue weighted by atomic mass is 16.5. The Kier molecular flexibility index (Phi) is 7.82. The van der Waals surface area contributed by atoms with Gasteiger partial charge < -0.3 is 19.9 Å². The molecule has 0 unspecified atom stereocenters. The van der Waals surface area contributed by atoms with Crippen LogP contribution in [-0.2, 0) is 9.47 Å². The minimum atomic E-state index is -0.0287. The molecule has 0 heterocycles. The Balaban J connectivity index is 2.08. The van der Waals surface area contributed by atoms with Gasteiger partial charge in [-0.3, -0.25) is 0 Å². The summed E-state index contributed by atoms with van der Waals surface area (Å²) < 4.78 is 10.3. The predicted octanol–water partition coefficient (Wildman–Crippen LogP) is 1.57. The first-order chi connectivity index (χ1) is 8.72. The van der Waals surface area contributed by atoms with Gasteiger partial charge in [0.1, 0.15) is 0 Å². The van der Waals surface area contributed by atoms with Gasteiger partial charge in [0.25, 0.3) is 0 Å². The Morgan fingerprint density at radius 1 is 1.22 bits per heavy atom. The summed E-state index contributed by atoms with van der Waals surface area (Å²) in [5.41, 5.74) is -0.0287. The van der Waals surface area contributed by atoms with E-state index in [0.29, 0.717) is 13.2 Å². The molecule has 0 atom stereocenters. The van der Waals surface area contributed by atoms with Crippen LogP contribution in [0, 0.1) is 5.92 Å². The zero-order chi connectivity index (χ0) is 13.3. The van der Waals surface area contributed by atoms with Crippen LogP contribution in [0.4, 0.5) is 0 Å². The van der Waals surface area contributed by atoms with Crippen molar-refractivity contribution in [2.75, 3.05) is 40.1 Å². The molecule has 0 aliphatic heterocycles. The molecule has 0 radical (unpaired) electrons. The molecule has 0 amide bonds. The number of hydrogen-bond acceptors (Lipinski definition) is 4. The average molecular weight is 259 g/mol. The van der Waals surface area contributed by atoms with Crippen molar-refractivity contribution in [2.45, 2.75) is 44.6 Å². The molecule has 0 aromatic heterocycles. The lowest BCUT2D eigenvalue weighted by Gasteiger charge is -2.39. The van der Waals surface area contributed by atoms with Crippen molar-refractivity contribution in [2.24, 2.45) is 5.92 Å². The van der Waals surface area contributed by atoms with Gasteiger partial charge in [0.05, 0.1) is 19.8 Å². The molecule has 18 heavy (non-hydrogen) atoms. The molecule has 0 aromatic carbocycles. The van der Waals surface area contributed by atoms with Gasteiger partial charge in [-0.05, 0) is 44.6 Å². The van der Waals surface area contributed by atoms with Crippen LogP contribution in [0.15, 0.2) is 0 Å². The number of nitrogens with one attached hydrogen (secondary N) is 1. The molecule has 0 aromatic rings. The van der Waals surface area contributed by atoms with Gasteiger partial charge in [-0.25, -0.2) is 0 Å². The monoisotopic (exact) mass is 259 g/mol. The van der Waals surface area contributed by atoms with Crippen LogP contribution in [0.3, 0.4) is 0 Å². The molecule has 4 heteroatoms. The minimum Gasteiger partial charge on any atom is -0.394 e. The first kappa shape index (κ1) is 15.9. The zero-order valence-electron chi connectivity index (χ0n) is 11.9. The topological polar surface area (TPSA) is 50.7 Å². The van der Waals surface area contributed by atoms with Gasteiger partial charge in [0.15, 0.2) is 0 Å². The second-order valence-electron chi connectivity index (χ2n) is 5.51. The summed E-state index contributed by atoms with van der Waals surface area (Å²) in [4.78, 5) is 0. The SMILES string of the molecule is COCCOCCCNC1(CO)CCC(C)CC1. The fourth-order valence-electron chi connectivity index (χ4n) is 2.48. The van der Waals surface area contributed by atoms with Crippen molar-refractivity contribution in [3.8, 4) is 0 Å². The number of aliphatic hydroxyl groups excluding tert-OH is 1. The van der Waals surface area contributed by atoms with E-state index in [4.69, 9.17) is 9.47 Å². The summed E-state index contributed by atoms with van der Waals surface area (Å²) in [6, 6.07) is 0. The van der Waals surface area contributed by atoms with E-state index in [1.165, 1.54) is 12.8 Å².